The van der Waals surface area contributed by atoms with E-state index in [2.05, 4.69) is 15.6 Å². The van der Waals surface area contributed by atoms with E-state index in [0.717, 1.165) is 0 Å². The standard InChI is InChI=1S/C16H15Cl2N3O2/c1-9(2)20-15(22)10-5-11(8-19-7-10)16(23)21-14-4-3-12(17)6-13(14)18/h3-9H,1-2H3,(H,20,22)(H,21,23). The van der Waals surface area contributed by atoms with Crippen molar-refractivity contribution in [1.82, 2.24) is 10.3 Å². The van der Waals surface area contributed by atoms with E-state index in [-0.39, 0.29) is 17.5 Å². The molecule has 5 nitrogen and oxygen atoms in total. The van der Waals surface area contributed by atoms with Crippen LogP contribution in [0.2, 0.25) is 10.0 Å². The van der Waals surface area contributed by atoms with Crippen LogP contribution >= 0.6 is 23.2 Å². The summed E-state index contributed by atoms with van der Waals surface area (Å²) in [6, 6.07) is 6.22. The van der Waals surface area contributed by atoms with Gasteiger partial charge in [0.05, 0.1) is 21.8 Å². The Morgan fingerprint density at radius 1 is 1.04 bits per heavy atom. The topological polar surface area (TPSA) is 71.1 Å². The molecule has 0 unspecified atom stereocenters. The first kappa shape index (κ1) is 17.2. The third-order valence-electron chi connectivity index (χ3n) is 2.86. The van der Waals surface area contributed by atoms with Gasteiger partial charge in [0.1, 0.15) is 0 Å². The fourth-order valence-corrected chi connectivity index (χ4v) is 2.27. The molecule has 1 heterocycles. The number of amides is 2. The summed E-state index contributed by atoms with van der Waals surface area (Å²) in [7, 11) is 0. The summed E-state index contributed by atoms with van der Waals surface area (Å²) in [5.74, 6) is -0.701. The minimum Gasteiger partial charge on any atom is -0.350 e. The van der Waals surface area contributed by atoms with Gasteiger partial charge in [0, 0.05) is 23.5 Å². The van der Waals surface area contributed by atoms with Crippen LogP contribution in [0.4, 0.5) is 5.69 Å². The molecule has 120 valence electrons. The second kappa shape index (κ2) is 7.44. The van der Waals surface area contributed by atoms with Crippen LogP contribution in [0.5, 0.6) is 0 Å². The summed E-state index contributed by atoms with van der Waals surface area (Å²) in [6.45, 7) is 3.70. The molecule has 1 aromatic carbocycles. The normalized spacial score (nSPS) is 10.5. The van der Waals surface area contributed by atoms with E-state index in [9.17, 15) is 9.59 Å². The van der Waals surface area contributed by atoms with Gasteiger partial charge in [-0.05, 0) is 38.1 Å². The number of benzene rings is 1. The molecular weight excluding hydrogens is 337 g/mol. The smallest absolute Gasteiger partial charge is 0.257 e. The lowest BCUT2D eigenvalue weighted by Gasteiger charge is -2.10. The summed E-state index contributed by atoms with van der Waals surface area (Å²) in [5.41, 5.74) is 0.999. The number of carbonyl (C=O) groups is 2. The molecule has 0 spiro atoms. The zero-order valence-electron chi connectivity index (χ0n) is 12.6. The maximum atomic E-state index is 12.3. The fourth-order valence-electron chi connectivity index (χ4n) is 1.82. The van der Waals surface area contributed by atoms with Crippen molar-refractivity contribution in [1.29, 1.82) is 0 Å². The maximum absolute atomic E-state index is 12.3. The Balaban J connectivity index is 2.18. The zero-order chi connectivity index (χ0) is 17.0. The Labute approximate surface area is 144 Å². The summed E-state index contributed by atoms with van der Waals surface area (Å²) in [4.78, 5) is 28.2. The number of hydrogen-bond acceptors (Lipinski definition) is 3. The highest BCUT2D eigenvalue weighted by atomic mass is 35.5. The molecule has 0 saturated carbocycles. The molecule has 2 aromatic rings. The lowest BCUT2D eigenvalue weighted by atomic mass is 10.1. The first-order chi connectivity index (χ1) is 10.9. The molecule has 23 heavy (non-hydrogen) atoms. The number of carbonyl (C=O) groups excluding carboxylic acids is 2. The molecule has 0 radical (unpaired) electrons. The van der Waals surface area contributed by atoms with Gasteiger partial charge in [0.2, 0.25) is 0 Å². The van der Waals surface area contributed by atoms with Crippen molar-refractivity contribution in [2.24, 2.45) is 0 Å². The third kappa shape index (κ3) is 4.68. The van der Waals surface area contributed by atoms with Gasteiger partial charge < -0.3 is 10.6 Å². The first-order valence-corrected chi connectivity index (χ1v) is 7.64. The van der Waals surface area contributed by atoms with E-state index in [1.807, 2.05) is 13.8 Å². The molecule has 0 aliphatic heterocycles. The molecule has 0 fully saturated rings. The molecule has 0 saturated heterocycles. The Kier molecular flexibility index (Phi) is 5.58. The largest absolute Gasteiger partial charge is 0.350 e. The monoisotopic (exact) mass is 351 g/mol. The number of hydrogen-bond donors (Lipinski definition) is 2. The second-order valence-corrected chi connectivity index (χ2v) is 6.01. The molecule has 0 aliphatic rings. The molecular formula is C16H15Cl2N3O2. The van der Waals surface area contributed by atoms with Gasteiger partial charge in [-0.25, -0.2) is 0 Å². The lowest BCUT2D eigenvalue weighted by Crippen LogP contribution is -2.30. The van der Waals surface area contributed by atoms with Gasteiger partial charge >= 0.3 is 0 Å². The van der Waals surface area contributed by atoms with Gasteiger partial charge in [-0.3, -0.25) is 14.6 Å². The highest BCUT2D eigenvalue weighted by Crippen LogP contribution is 2.25. The van der Waals surface area contributed by atoms with Crippen molar-refractivity contribution in [3.05, 3.63) is 57.8 Å². The summed E-state index contributed by atoms with van der Waals surface area (Å²) in [6.07, 6.45) is 2.79. The van der Waals surface area contributed by atoms with Crippen LogP contribution < -0.4 is 10.6 Å². The van der Waals surface area contributed by atoms with Crippen molar-refractivity contribution in [3.8, 4) is 0 Å². The Morgan fingerprint density at radius 2 is 1.70 bits per heavy atom. The number of nitrogens with zero attached hydrogens (tertiary/aromatic N) is 1. The zero-order valence-corrected chi connectivity index (χ0v) is 14.1. The molecule has 2 amide bonds. The van der Waals surface area contributed by atoms with Gasteiger partial charge in [-0.2, -0.15) is 0 Å². The highest BCUT2D eigenvalue weighted by Gasteiger charge is 2.13. The average molecular weight is 352 g/mol. The summed E-state index contributed by atoms with van der Waals surface area (Å²) in [5, 5.41) is 6.20. The molecule has 2 N–H and O–H groups in total. The minimum absolute atomic E-state index is 0.00661. The van der Waals surface area contributed by atoms with Crippen LogP contribution in [0.3, 0.4) is 0 Å². The first-order valence-electron chi connectivity index (χ1n) is 6.89. The minimum atomic E-state index is -0.416. The molecule has 0 atom stereocenters. The molecule has 0 aliphatic carbocycles. The quantitative estimate of drug-likeness (QED) is 0.880. The lowest BCUT2D eigenvalue weighted by molar-refractivity contribution is 0.0942. The average Bonchev–Trinajstić information content (AvgIpc) is 2.49. The van der Waals surface area contributed by atoms with E-state index in [4.69, 9.17) is 23.2 Å². The maximum Gasteiger partial charge on any atom is 0.257 e. The van der Waals surface area contributed by atoms with Gasteiger partial charge in [0.15, 0.2) is 0 Å². The summed E-state index contributed by atoms with van der Waals surface area (Å²) >= 11 is 11.8. The van der Waals surface area contributed by atoms with Crippen molar-refractivity contribution in [3.63, 3.8) is 0 Å². The van der Waals surface area contributed by atoms with Crippen LogP contribution in [0.1, 0.15) is 34.6 Å². The van der Waals surface area contributed by atoms with Gasteiger partial charge in [-0.15, -0.1) is 0 Å². The van der Waals surface area contributed by atoms with Gasteiger partial charge in [-0.1, -0.05) is 23.2 Å². The van der Waals surface area contributed by atoms with Crippen LogP contribution in [0, 0.1) is 0 Å². The van der Waals surface area contributed by atoms with Crippen molar-refractivity contribution in [2.45, 2.75) is 19.9 Å². The highest BCUT2D eigenvalue weighted by molar-refractivity contribution is 6.36. The van der Waals surface area contributed by atoms with Crippen molar-refractivity contribution >= 4 is 40.7 Å². The Hall–Kier alpha value is -2.11. The van der Waals surface area contributed by atoms with Gasteiger partial charge in [0.25, 0.3) is 11.8 Å². The van der Waals surface area contributed by atoms with Crippen LogP contribution in [-0.2, 0) is 0 Å². The molecule has 2 rings (SSSR count). The molecule has 0 bridgehead atoms. The SMILES string of the molecule is CC(C)NC(=O)c1cncc(C(=O)Nc2ccc(Cl)cc2Cl)c1. The summed E-state index contributed by atoms with van der Waals surface area (Å²) < 4.78 is 0. The number of aromatic nitrogens is 1. The van der Waals surface area contributed by atoms with Crippen molar-refractivity contribution < 1.29 is 9.59 Å². The van der Waals surface area contributed by atoms with E-state index in [1.54, 1.807) is 12.1 Å². The molecule has 7 heteroatoms. The van der Waals surface area contributed by atoms with E-state index < -0.39 is 5.91 Å². The van der Waals surface area contributed by atoms with Crippen molar-refractivity contribution in [2.75, 3.05) is 5.32 Å². The van der Waals surface area contributed by atoms with Crippen LogP contribution in [-0.4, -0.2) is 22.8 Å². The number of pyridine rings is 1. The van der Waals surface area contributed by atoms with Crippen LogP contribution in [0.25, 0.3) is 0 Å². The van der Waals surface area contributed by atoms with Crippen LogP contribution in [0.15, 0.2) is 36.7 Å². The number of rotatable bonds is 4. The molecule has 1 aromatic heterocycles. The second-order valence-electron chi connectivity index (χ2n) is 5.17. The third-order valence-corrected chi connectivity index (χ3v) is 3.41. The Bertz CT molecular complexity index is 748. The number of halogens is 2. The van der Waals surface area contributed by atoms with E-state index >= 15 is 0 Å². The predicted octanol–water partition coefficient (Wildman–Crippen LogP) is 3.78. The number of nitrogens with one attached hydrogen (secondary N) is 2. The predicted molar refractivity (Wildman–Crippen MR) is 91.3 cm³/mol. The van der Waals surface area contributed by atoms with E-state index in [1.165, 1.54) is 24.5 Å². The van der Waals surface area contributed by atoms with E-state index in [0.29, 0.717) is 21.3 Å². The number of anilines is 1. The Morgan fingerprint density at radius 3 is 2.30 bits per heavy atom. The fraction of sp³-hybridized carbons (Fsp3) is 0.188.